The van der Waals surface area contributed by atoms with Gasteiger partial charge in [0.25, 0.3) is 0 Å². The lowest BCUT2D eigenvalue weighted by molar-refractivity contribution is -0.118. The van der Waals surface area contributed by atoms with Crippen LogP contribution in [0.2, 0.25) is 5.02 Å². The first kappa shape index (κ1) is 17.7. The molecule has 0 aliphatic rings. The summed E-state index contributed by atoms with van der Waals surface area (Å²) in [6, 6.07) is 5.70. The number of rotatable bonds is 10. The molecule has 0 atom stereocenters. The zero-order valence-corrected chi connectivity index (χ0v) is 14.6. The van der Waals surface area contributed by atoms with E-state index in [1.807, 2.05) is 18.2 Å². The molecule has 0 saturated heterocycles. The summed E-state index contributed by atoms with van der Waals surface area (Å²) >= 11 is 9.49. The Balaban J connectivity index is 2.17. The van der Waals surface area contributed by atoms with Gasteiger partial charge >= 0.3 is 0 Å². The molecule has 0 aliphatic heterocycles. The van der Waals surface area contributed by atoms with Crippen molar-refractivity contribution >= 4 is 33.3 Å². The van der Waals surface area contributed by atoms with E-state index in [0.717, 1.165) is 16.5 Å². The van der Waals surface area contributed by atoms with Gasteiger partial charge < -0.3 is 0 Å². The van der Waals surface area contributed by atoms with Crippen LogP contribution in [0.3, 0.4) is 0 Å². The van der Waals surface area contributed by atoms with E-state index in [1.165, 1.54) is 38.5 Å². The summed E-state index contributed by atoms with van der Waals surface area (Å²) in [6.07, 6.45) is 9.84. The molecule has 0 aliphatic carbocycles. The molecule has 112 valence electrons. The number of benzene rings is 1. The first-order chi connectivity index (χ1) is 9.63. The van der Waals surface area contributed by atoms with Gasteiger partial charge in [-0.15, -0.1) is 0 Å². The van der Waals surface area contributed by atoms with E-state index >= 15 is 0 Å². The van der Waals surface area contributed by atoms with Crippen LogP contribution in [0.4, 0.5) is 0 Å². The maximum Gasteiger partial charge on any atom is 0.137 e. The highest BCUT2D eigenvalue weighted by molar-refractivity contribution is 9.10. The topological polar surface area (TPSA) is 17.1 Å². The summed E-state index contributed by atoms with van der Waals surface area (Å²) in [5, 5.41) is 0.673. The van der Waals surface area contributed by atoms with Gasteiger partial charge in [-0.3, -0.25) is 4.79 Å². The summed E-state index contributed by atoms with van der Waals surface area (Å²) < 4.78 is 0.950. The lowest BCUT2D eigenvalue weighted by Crippen LogP contribution is -2.03. The summed E-state index contributed by atoms with van der Waals surface area (Å²) in [4.78, 5) is 11.9. The first-order valence-corrected chi connectivity index (χ1v) is 8.76. The van der Waals surface area contributed by atoms with Gasteiger partial charge in [0.05, 0.1) is 0 Å². The third kappa shape index (κ3) is 7.44. The minimum Gasteiger partial charge on any atom is -0.299 e. The summed E-state index contributed by atoms with van der Waals surface area (Å²) in [6.45, 7) is 2.23. The van der Waals surface area contributed by atoms with Crippen LogP contribution < -0.4 is 0 Å². The van der Waals surface area contributed by atoms with Crippen molar-refractivity contribution in [2.24, 2.45) is 0 Å². The van der Waals surface area contributed by atoms with E-state index in [4.69, 9.17) is 11.6 Å². The number of Topliss-reactive ketones (excluding diaryl/α,β-unsaturated/α-hetero) is 1. The van der Waals surface area contributed by atoms with E-state index in [2.05, 4.69) is 22.9 Å². The highest BCUT2D eigenvalue weighted by atomic mass is 79.9. The zero-order valence-electron chi connectivity index (χ0n) is 12.3. The lowest BCUT2D eigenvalue weighted by Gasteiger charge is -2.05. The highest BCUT2D eigenvalue weighted by Gasteiger charge is 2.07. The molecule has 0 bridgehead atoms. The maximum atomic E-state index is 11.9. The average Bonchev–Trinajstić information content (AvgIpc) is 2.41. The SMILES string of the molecule is CCCCCCCCCC(=O)Cc1ccc(Br)cc1Cl. The second kappa shape index (κ2) is 10.4. The molecule has 1 aromatic rings. The van der Waals surface area contributed by atoms with Crippen LogP contribution in [0.1, 0.15) is 63.9 Å². The number of ketones is 1. The predicted octanol–water partition coefficient (Wildman–Crippen LogP) is 6.35. The third-order valence-corrected chi connectivity index (χ3v) is 4.31. The minimum absolute atomic E-state index is 0.294. The highest BCUT2D eigenvalue weighted by Crippen LogP contribution is 2.22. The number of carbonyl (C=O) groups is 1. The van der Waals surface area contributed by atoms with Crippen molar-refractivity contribution in [2.75, 3.05) is 0 Å². The molecular weight excluding hydrogens is 336 g/mol. The largest absolute Gasteiger partial charge is 0.299 e. The van der Waals surface area contributed by atoms with Crippen LogP contribution in [-0.4, -0.2) is 5.78 Å². The smallest absolute Gasteiger partial charge is 0.137 e. The fourth-order valence-corrected chi connectivity index (χ4v) is 2.99. The molecule has 0 unspecified atom stereocenters. The Labute approximate surface area is 136 Å². The van der Waals surface area contributed by atoms with Crippen LogP contribution in [0.15, 0.2) is 22.7 Å². The van der Waals surface area contributed by atoms with Crippen LogP contribution >= 0.6 is 27.5 Å². The van der Waals surface area contributed by atoms with E-state index in [-0.39, 0.29) is 0 Å². The lowest BCUT2D eigenvalue weighted by atomic mass is 10.0. The quantitative estimate of drug-likeness (QED) is 0.444. The second-order valence-electron chi connectivity index (χ2n) is 5.32. The molecular formula is C17H24BrClO. The molecule has 0 amide bonds. The molecule has 0 heterocycles. The van der Waals surface area contributed by atoms with E-state index in [1.54, 1.807) is 0 Å². The van der Waals surface area contributed by atoms with Crippen molar-refractivity contribution in [3.63, 3.8) is 0 Å². The van der Waals surface area contributed by atoms with Crippen molar-refractivity contribution in [1.29, 1.82) is 0 Å². The monoisotopic (exact) mass is 358 g/mol. The summed E-state index contributed by atoms with van der Waals surface area (Å²) in [5.74, 6) is 0.294. The molecule has 0 aromatic heterocycles. The molecule has 0 spiro atoms. The van der Waals surface area contributed by atoms with Crippen molar-refractivity contribution in [1.82, 2.24) is 0 Å². The number of unbranched alkanes of at least 4 members (excludes halogenated alkanes) is 6. The van der Waals surface area contributed by atoms with Crippen LogP contribution in [0.25, 0.3) is 0 Å². The van der Waals surface area contributed by atoms with Crippen molar-refractivity contribution in [2.45, 2.75) is 64.7 Å². The fourth-order valence-electron chi connectivity index (χ4n) is 2.25. The molecule has 0 fully saturated rings. The Morgan fingerprint density at radius 2 is 1.75 bits per heavy atom. The molecule has 1 rings (SSSR count). The van der Waals surface area contributed by atoms with E-state index in [9.17, 15) is 4.79 Å². The molecule has 20 heavy (non-hydrogen) atoms. The van der Waals surface area contributed by atoms with Gasteiger partial charge in [-0.1, -0.05) is 79.0 Å². The van der Waals surface area contributed by atoms with Gasteiger partial charge in [0.2, 0.25) is 0 Å². The summed E-state index contributed by atoms with van der Waals surface area (Å²) in [5.41, 5.74) is 0.933. The predicted molar refractivity (Wildman–Crippen MR) is 90.5 cm³/mol. The van der Waals surface area contributed by atoms with Gasteiger partial charge in [0, 0.05) is 22.3 Å². The van der Waals surface area contributed by atoms with Gasteiger partial charge in [-0.25, -0.2) is 0 Å². The molecule has 1 nitrogen and oxygen atoms in total. The van der Waals surface area contributed by atoms with Crippen LogP contribution in [-0.2, 0) is 11.2 Å². The Kier molecular flexibility index (Phi) is 9.21. The standard InChI is InChI=1S/C17H24BrClO/c1-2-3-4-5-6-7-8-9-16(20)12-14-10-11-15(18)13-17(14)19/h10-11,13H,2-9,12H2,1H3. The van der Waals surface area contributed by atoms with Crippen molar-refractivity contribution in [3.8, 4) is 0 Å². The number of halogens is 2. The normalized spacial score (nSPS) is 10.8. The molecule has 0 saturated carbocycles. The van der Waals surface area contributed by atoms with Crippen LogP contribution in [0.5, 0.6) is 0 Å². The van der Waals surface area contributed by atoms with E-state index in [0.29, 0.717) is 23.6 Å². The number of hydrogen-bond donors (Lipinski definition) is 0. The Bertz CT molecular complexity index is 417. The fraction of sp³-hybridized carbons (Fsp3) is 0.588. The Hall–Kier alpha value is -0.340. The molecule has 0 N–H and O–H groups in total. The van der Waals surface area contributed by atoms with Gasteiger partial charge in [-0.05, 0) is 24.1 Å². The maximum absolute atomic E-state index is 11.9. The van der Waals surface area contributed by atoms with Gasteiger partial charge in [0.15, 0.2) is 0 Å². The first-order valence-electron chi connectivity index (χ1n) is 7.59. The third-order valence-electron chi connectivity index (χ3n) is 3.46. The number of hydrogen-bond acceptors (Lipinski definition) is 1. The van der Waals surface area contributed by atoms with E-state index < -0.39 is 0 Å². The Morgan fingerprint density at radius 1 is 1.10 bits per heavy atom. The summed E-state index contributed by atoms with van der Waals surface area (Å²) in [7, 11) is 0. The van der Waals surface area contributed by atoms with Crippen molar-refractivity contribution < 1.29 is 4.79 Å². The minimum atomic E-state index is 0.294. The molecule has 0 radical (unpaired) electrons. The zero-order chi connectivity index (χ0) is 14.8. The molecule has 1 aromatic carbocycles. The van der Waals surface area contributed by atoms with Crippen molar-refractivity contribution in [3.05, 3.63) is 33.3 Å². The van der Waals surface area contributed by atoms with Gasteiger partial charge in [0.1, 0.15) is 5.78 Å². The van der Waals surface area contributed by atoms with Gasteiger partial charge in [-0.2, -0.15) is 0 Å². The average molecular weight is 360 g/mol. The number of carbonyl (C=O) groups excluding carboxylic acids is 1. The Morgan fingerprint density at radius 3 is 2.40 bits per heavy atom. The second-order valence-corrected chi connectivity index (χ2v) is 6.65. The van der Waals surface area contributed by atoms with Crippen LogP contribution in [0, 0.1) is 0 Å². The molecule has 3 heteroatoms.